The molecule has 0 unspecified atom stereocenters. The molecule has 0 aliphatic carbocycles. The van der Waals surface area contributed by atoms with Crippen LogP contribution in [-0.2, 0) is 10.4 Å². The van der Waals surface area contributed by atoms with Gasteiger partial charge in [0.05, 0.1) is 18.9 Å². The van der Waals surface area contributed by atoms with Gasteiger partial charge in [-0.05, 0) is 30.3 Å². The summed E-state index contributed by atoms with van der Waals surface area (Å²) in [6.45, 7) is 0.546. The van der Waals surface area contributed by atoms with Crippen LogP contribution in [0.1, 0.15) is 12.0 Å². The van der Waals surface area contributed by atoms with Crippen LogP contribution in [0.15, 0.2) is 53.4 Å². The number of amides is 1. The Labute approximate surface area is 144 Å². The van der Waals surface area contributed by atoms with Gasteiger partial charge in [0.15, 0.2) is 0 Å². The van der Waals surface area contributed by atoms with Crippen molar-refractivity contribution in [3.63, 3.8) is 0 Å². The van der Waals surface area contributed by atoms with Gasteiger partial charge in [-0.25, -0.2) is 4.39 Å². The number of benzene rings is 2. The zero-order chi connectivity index (χ0) is 17.0. The molecular weight excluding hydrogens is 329 g/mol. The molecule has 1 heterocycles. The molecular formula is C18H18FNO3S. The largest absolute Gasteiger partial charge is 0.493 e. The molecule has 1 atom stereocenters. The number of thioether (sulfide) groups is 1. The first-order chi connectivity index (χ1) is 11.6. The van der Waals surface area contributed by atoms with Crippen LogP contribution in [0, 0.1) is 5.82 Å². The van der Waals surface area contributed by atoms with E-state index in [2.05, 4.69) is 5.32 Å². The lowest BCUT2D eigenvalue weighted by Crippen LogP contribution is -2.44. The highest BCUT2D eigenvalue weighted by Crippen LogP contribution is 2.36. The quantitative estimate of drug-likeness (QED) is 0.817. The summed E-state index contributed by atoms with van der Waals surface area (Å²) in [7, 11) is 0. The summed E-state index contributed by atoms with van der Waals surface area (Å²) in [5.41, 5.74) is -0.423. The second kappa shape index (κ2) is 7.23. The van der Waals surface area contributed by atoms with E-state index in [-0.39, 0.29) is 24.0 Å². The van der Waals surface area contributed by atoms with Gasteiger partial charge in [0.1, 0.15) is 17.2 Å². The monoisotopic (exact) mass is 347 g/mol. The van der Waals surface area contributed by atoms with Crippen LogP contribution >= 0.6 is 11.8 Å². The minimum absolute atomic E-state index is 0.135. The lowest BCUT2D eigenvalue weighted by atomic mass is 9.88. The van der Waals surface area contributed by atoms with E-state index in [1.165, 1.54) is 23.9 Å². The number of ether oxygens (including phenoxy) is 1. The van der Waals surface area contributed by atoms with Gasteiger partial charge < -0.3 is 15.2 Å². The number of hydrogen-bond acceptors (Lipinski definition) is 4. The summed E-state index contributed by atoms with van der Waals surface area (Å²) in [6, 6.07) is 13.3. The third kappa shape index (κ3) is 3.88. The van der Waals surface area contributed by atoms with Gasteiger partial charge in [-0.1, -0.05) is 18.2 Å². The van der Waals surface area contributed by atoms with Crippen molar-refractivity contribution in [2.45, 2.75) is 16.9 Å². The smallest absolute Gasteiger partial charge is 0.230 e. The first-order valence-corrected chi connectivity index (χ1v) is 8.65. The standard InChI is InChI=1S/C18H18FNO3S/c19-13-5-7-14(8-6-13)24-11-17(21)20-12-18(22)9-10-23-16-4-2-1-3-15(16)18/h1-8,22H,9-12H2,(H,20,21)/t18-/m1/s1. The molecule has 126 valence electrons. The topological polar surface area (TPSA) is 58.6 Å². The maximum atomic E-state index is 12.8. The van der Waals surface area contributed by atoms with E-state index in [9.17, 15) is 14.3 Å². The van der Waals surface area contributed by atoms with Gasteiger partial charge in [0.25, 0.3) is 0 Å². The molecule has 0 aromatic heterocycles. The van der Waals surface area contributed by atoms with E-state index in [1.54, 1.807) is 12.1 Å². The Kier molecular flexibility index (Phi) is 5.06. The fourth-order valence-electron chi connectivity index (χ4n) is 2.60. The number of aliphatic hydroxyl groups is 1. The van der Waals surface area contributed by atoms with Crippen LogP contribution in [0.25, 0.3) is 0 Å². The average molecular weight is 347 g/mol. The maximum absolute atomic E-state index is 12.8. The molecule has 24 heavy (non-hydrogen) atoms. The molecule has 2 aromatic carbocycles. The van der Waals surface area contributed by atoms with Crippen LogP contribution in [0.3, 0.4) is 0 Å². The van der Waals surface area contributed by atoms with Gasteiger partial charge in [-0.15, -0.1) is 11.8 Å². The third-order valence-corrected chi connectivity index (χ3v) is 4.94. The highest BCUT2D eigenvalue weighted by Gasteiger charge is 2.35. The number of fused-ring (bicyclic) bond motifs is 1. The van der Waals surface area contributed by atoms with Crippen molar-refractivity contribution >= 4 is 17.7 Å². The molecule has 6 heteroatoms. The van der Waals surface area contributed by atoms with Crippen molar-refractivity contribution < 1.29 is 19.0 Å². The molecule has 0 saturated carbocycles. The van der Waals surface area contributed by atoms with Crippen LogP contribution in [-0.4, -0.2) is 29.9 Å². The number of halogens is 1. The Morgan fingerprint density at radius 1 is 1.25 bits per heavy atom. The zero-order valence-corrected chi connectivity index (χ0v) is 13.8. The molecule has 0 fully saturated rings. The Balaban J connectivity index is 1.55. The second-order valence-electron chi connectivity index (χ2n) is 5.65. The van der Waals surface area contributed by atoms with Crippen molar-refractivity contribution in [2.75, 3.05) is 18.9 Å². The van der Waals surface area contributed by atoms with Gasteiger partial charge in [0, 0.05) is 16.9 Å². The number of carbonyl (C=O) groups excluding carboxylic acids is 1. The van der Waals surface area contributed by atoms with E-state index >= 15 is 0 Å². The Bertz CT molecular complexity index is 722. The molecule has 1 aliphatic heterocycles. The molecule has 4 nitrogen and oxygen atoms in total. The SMILES string of the molecule is O=C(CSc1ccc(F)cc1)NC[C@]1(O)CCOc2ccccc21. The molecule has 2 N–H and O–H groups in total. The van der Waals surface area contributed by atoms with Crippen molar-refractivity contribution in [2.24, 2.45) is 0 Å². The minimum Gasteiger partial charge on any atom is -0.493 e. The normalized spacial score (nSPS) is 19.2. The zero-order valence-electron chi connectivity index (χ0n) is 13.0. The summed E-state index contributed by atoms with van der Waals surface area (Å²) >= 11 is 1.32. The number of para-hydroxylation sites is 1. The van der Waals surface area contributed by atoms with Gasteiger partial charge in [-0.2, -0.15) is 0 Å². The fourth-order valence-corrected chi connectivity index (χ4v) is 3.33. The van der Waals surface area contributed by atoms with E-state index in [4.69, 9.17) is 4.74 Å². The van der Waals surface area contributed by atoms with Crippen molar-refractivity contribution in [1.82, 2.24) is 5.32 Å². The third-order valence-electron chi connectivity index (χ3n) is 3.92. The minimum atomic E-state index is -1.12. The predicted octanol–water partition coefficient (Wildman–Crippen LogP) is 2.70. The van der Waals surface area contributed by atoms with Crippen LogP contribution in [0.2, 0.25) is 0 Å². The summed E-state index contributed by atoms with van der Waals surface area (Å²) < 4.78 is 18.4. The highest BCUT2D eigenvalue weighted by atomic mass is 32.2. The Hall–Kier alpha value is -2.05. The van der Waals surface area contributed by atoms with Crippen LogP contribution in [0.5, 0.6) is 5.75 Å². The van der Waals surface area contributed by atoms with E-state index in [0.717, 1.165) is 4.90 Å². The average Bonchev–Trinajstić information content (AvgIpc) is 2.60. The lowest BCUT2D eigenvalue weighted by molar-refractivity contribution is -0.120. The number of hydrogen-bond donors (Lipinski definition) is 2. The first kappa shape index (κ1) is 16.8. The number of nitrogens with one attached hydrogen (secondary N) is 1. The van der Waals surface area contributed by atoms with Crippen molar-refractivity contribution in [3.8, 4) is 5.75 Å². The molecule has 0 bridgehead atoms. The van der Waals surface area contributed by atoms with Gasteiger partial charge in [-0.3, -0.25) is 4.79 Å². The molecule has 0 radical (unpaired) electrons. The predicted molar refractivity (Wildman–Crippen MR) is 90.6 cm³/mol. The van der Waals surface area contributed by atoms with Crippen molar-refractivity contribution in [3.05, 3.63) is 59.9 Å². The maximum Gasteiger partial charge on any atom is 0.230 e. The second-order valence-corrected chi connectivity index (χ2v) is 6.69. The van der Waals surface area contributed by atoms with Gasteiger partial charge in [0.2, 0.25) is 5.91 Å². The van der Waals surface area contributed by atoms with Crippen LogP contribution < -0.4 is 10.1 Å². The lowest BCUT2D eigenvalue weighted by Gasteiger charge is -2.34. The Morgan fingerprint density at radius 3 is 2.79 bits per heavy atom. The fraction of sp³-hybridized carbons (Fsp3) is 0.278. The molecule has 2 aromatic rings. The summed E-state index contributed by atoms with van der Waals surface area (Å²) in [5.74, 6) is 0.381. The van der Waals surface area contributed by atoms with Gasteiger partial charge >= 0.3 is 0 Å². The van der Waals surface area contributed by atoms with E-state index in [0.29, 0.717) is 24.3 Å². The van der Waals surface area contributed by atoms with Crippen molar-refractivity contribution in [1.29, 1.82) is 0 Å². The first-order valence-electron chi connectivity index (χ1n) is 7.67. The number of carbonyl (C=O) groups is 1. The molecule has 1 amide bonds. The van der Waals surface area contributed by atoms with Crippen LogP contribution in [0.4, 0.5) is 4.39 Å². The summed E-state index contributed by atoms with van der Waals surface area (Å²) in [5, 5.41) is 13.6. The Morgan fingerprint density at radius 2 is 2.00 bits per heavy atom. The highest BCUT2D eigenvalue weighted by molar-refractivity contribution is 8.00. The van der Waals surface area contributed by atoms with E-state index in [1.807, 2.05) is 24.3 Å². The number of rotatable bonds is 5. The summed E-state index contributed by atoms with van der Waals surface area (Å²) in [4.78, 5) is 12.9. The van der Waals surface area contributed by atoms with E-state index < -0.39 is 5.60 Å². The molecule has 3 rings (SSSR count). The molecule has 0 saturated heterocycles. The summed E-state index contributed by atoms with van der Waals surface area (Å²) in [6.07, 6.45) is 0.426. The molecule has 0 spiro atoms. The molecule has 1 aliphatic rings.